The van der Waals surface area contributed by atoms with Gasteiger partial charge >= 0.3 is 0 Å². The number of hydrogen-bond acceptors (Lipinski definition) is 7. The second-order valence-electron chi connectivity index (χ2n) is 5.92. The van der Waals surface area contributed by atoms with Crippen molar-refractivity contribution in [1.82, 2.24) is 15.2 Å². The zero-order valence-electron chi connectivity index (χ0n) is 12.8. The van der Waals surface area contributed by atoms with Gasteiger partial charge in [0.2, 0.25) is 5.95 Å². The van der Waals surface area contributed by atoms with E-state index in [9.17, 15) is 8.42 Å². The average Bonchev–Trinajstić information content (AvgIpc) is 2.78. The van der Waals surface area contributed by atoms with Crippen LogP contribution >= 0.6 is 0 Å². The van der Waals surface area contributed by atoms with E-state index >= 15 is 0 Å². The van der Waals surface area contributed by atoms with Gasteiger partial charge in [0.15, 0.2) is 15.7 Å². The number of anilines is 2. The van der Waals surface area contributed by atoms with Gasteiger partial charge < -0.3 is 10.2 Å². The fourth-order valence-electron chi connectivity index (χ4n) is 2.28. The molecule has 0 bridgehead atoms. The molecule has 0 spiro atoms. The minimum absolute atomic E-state index is 0.0322. The van der Waals surface area contributed by atoms with Crippen LogP contribution in [0.25, 0.3) is 0 Å². The summed E-state index contributed by atoms with van der Waals surface area (Å²) in [5, 5.41) is 11.1. The van der Waals surface area contributed by atoms with Gasteiger partial charge in [0.05, 0.1) is 17.7 Å². The predicted molar refractivity (Wildman–Crippen MR) is 83.2 cm³/mol. The number of nitrogens with zero attached hydrogens (tertiary/aromatic N) is 4. The third-order valence-corrected chi connectivity index (χ3v) is 5.42. The lowest BCUT2D eigenvalue weighted by Gasteiger charge is -2.24. The number of rotatable bonds is 6. The summed E-state index contributed by atoms with van der Waals surface area (Å²) in [6, 6.07) is -0.0322. The molecule has 1 saturated heterocycles. The van der Waals surface area contributed by atoms with Crippen molar-refractivity contribution in [3.8, 4) is 0 Å². The zero-order valence-corrected chi connectivity index (χ0v) is 13.6. The summed E-state index contributed by atoms with van der Waals surface area (Å²) in [4.78, 5) is 6.29. The molecule has 2 heterocycles. The quantitative estimate of drug-likeness (QED) is 0.836. The van der Waals surface area contributed by atoms with Crippen molar-refractivity contribution in [3.63, 3.8) is 0 Å². The molecule has 0 saturated carbocycles. The highest BCUT2D eigenvalue weighted by Gasteiger charge is 2.31. The first-order chi connectivity index (χ1) is 9.87. The van der Waals surface area contributed by atoms with Crippen molar-refractivity contribution in [2.75, 3.05) is 35.3 Å². The number of hydrogen-bond donors (Lipinski definition) is 1. The van der Waals surface area contributed by atoms with Crippen molar-refractivity contribution >= 4 is 21.6 Å². The zero-order chi connectivity index (χ0) is 15.5. The number of sulfone groups is 1. The molecule has 0 amide bonds. The Morgan fingerprint density at radius 3 is 2.86 bits per heavy atom. The largest absolute Gasteiger partial charge is 0.354 e. The SMILES string of the molecule is CC(C)CCNc1nncc(N(C)C2CCS(=O)(=O)C2)n1. The molecule has 8 heteroatoms. The molecule has 1 aromatic heterocycles. The van der Waals surface area contributed by atoms with Gasteiger partial charge in [0.25, 0.3) is 0 Å². The molecule has 1 aliphatic heterocycles. The monoisotopic (exact) mass is 313 g/mol. The first-order valence-corrected chi connectivity index (χ1v) is 9.06. The Balaban J connectivity index is 2.00. The summed E-state index contributed by atoms with van der Waals surface area (Å²) in [7, 11) is -1.05. The van der Waals surface area contributed by atoms with E-state index in [0.29, 0.717) is 24.1 Å². The molecule has 0 aliphatic carbocycles. The van der Waals surface area contributed by atoms with Gasteiger partial charge in [-0.1, -0.05) is 13.8 Å². The van der Waals surface area contributed by atoms with Crippen LogP contribution in [0.5, 0.6) is 0 Å². The standard InChI is InChI=1S/C13H23N5O2S/c1-10(2)4-6-14-13-16-12(8-15-17-13)18(3)11-5-7-21(19,20)9-11/h8,10-11H,4-7,9H2,1-3H3,(H,14,16,17). The molecule has 0 aromatic carbocycles. The van der Waals surface area contributed by atoms with Crippen LogP contribution in [0.1, 0.15) is 26.7 Å². The fraction of sp³-hybridized carbons (Fsp3) is 0.769. The highest BCUT2D eigenvalue weighted by molar-refractivity contribution is 7.91. The van der Waals surface area contributed by atoms with Crippen LogP contribution in [0, 0.1) is 5.92 Å². The first-order valence-electron chi connectivity index (χ1n) is 7.24. The molecule has 1 aliphatic rings. The topological polar surface area (TPSA) is 88.1 Å². The van der Waals surface area contributed by atoms with E-state index in [2.05, 4.69) is 34.3 Å². The van der Waals surface area contributed by atoms with Crippen LogP contribution in [-0.2, 0) is 9.84 Å². The van der Waals surface area contributed by atoms with E-state index in [1.165, 1.54) is 0 Å². The van der Waals surface area contributed by atoms with Gasteiger partial charge in [-0.2, -0.15) is 10.1 Å². The molecule has 1 unspecified atom stereocenters. The molecule has 0 radical (unpaired) electrons. The second kappa shape index (κ2) is 6.55. The van der Waals surface area contributed by atoms with Crippen LogP contribution in [-0.4, -0.2) is 54.7 Å². The number of nitrogens with one attached hydrogen (secondary N) is 1. The maximum absolute atomic E-state index is 11.6. The van der Waals surface area contributed by atoms with Crippen molar-refractivity contribution in [1.29, 1.82) is 0 Å². The molecular formula is C13H23N5O2S. The van der Waals surface area contributed by atoms with E-state index in [1.807, 2.05) is 11.9 Å². The van der Waals surface area contributed by atoms with Crippen LogP contribution in [0.4, 0.5) is 11.8 Å². The Kier molecular flexibility index (Phi) is 4.97. The van der Waals surface area contributed by atoms with E-state index < -0.39 is 9.84 Å². The Bertz CT molecular complexity index is 576. The highest BCUT2D eigenvalue weighted by atomic mass is 32.2. The lowest BCUT2D eigenvalue weighted by Crippen LogP contribution is -2.33. The fourth-order valence-corrected chi connectivity index (χ4v) is 4.05. The molecule has 21 heavy (non-hydrogen) atoms. The van der Waals surface area contributed by atoms with Crippen molar-refractivity contribution < 1.29 is 8.42 Å². The molecule has 2 rings (SSSR count). The summed E-state index contributed by atoms with van der Waals surface area (Å²) < 4.78 is 23.1. The highest BCUT2D eigenvalue weighted by Crippen LogP contribution is 2.21. The number of aromatic nitrogens is 3. The van der Waals surface area contributed by atoms with Gasteiger partial charge in [-0.3, -0.25) is 0 Å². The first kappa shape index (κ1) is 15.9. The summed E-state index contributed by atoms with van der Waals surface area (Å²) in [5.41, 5.74) is 0. The van der Waals surface area contributed by atoms with E-state index in [1.54, 1.807) is 6.20 Å². The van der Waals surface area contributed by atoms with Crippen molar-refractivity contribution in [3.05, 3.63) is 6.20 Å². The maximum atomic E-state index is 11.6. The van der Waals surface area contributed by atoms with Gasteiger partial charge in [0, 0.05) is 19.6 Å². The second-order valence-corrected chi connectivity index (χ2v) is 8.14. The summed E-state index contributed by atoms with van der Waals surface area (Å²) in [6.07, 6.45) is 3.24. The molecule has 7 nitrogen and oxygen atoms in total. The molecule has 1 N–H and O–H groups in total. The normalized spacial score (nSPS) is 20.7. The average molecular weight is 313 g/mol. The van der Waals surface area contributed by atoms with Crippen LogP contribution < -0.4 is 10.2 Å². The summed E-state index contributed by atoms with van der Waals surface area (Å²) in [5.74, 6) is 2.18. The smallest absolute Gasteiger partial charge is 0.244 e. The van der Waals surface area contributed by atoms with E-state index in [-0.39, 0.29) is 17.5 Å². The van der Waals surface area contributed by atoms with Gasteiger partial charge in [0.1, 0.15) is 0 Å². The Morgan fingerprint density at radius 1 is 1.48 bits per heavy atom. The summed E-state index contributed by atoms with van der Waals surface area (Å²) >= 11 is 0. The van der Waals surface area contributed by atoms with Gasteiger partial charge in [-0.05, 0) is 18.8 Å². The van der Waals surface area contributed by atoms with Crippen LogP contribution in [0.2, 0.25) is 0 Å². The molecule has 118 valence electrons. The molecule has 1 fully saturated rings. The lowest BCUT2D eigenvalue weighted by atomic mass is 10.1. The van der Waals surface area contributed by atoms with Gasteiger partial charge in [-0.15, -0.1) is 5.10 Å². The molecule has 1 aromatic rings. The Hall–Kier alpha value is -1.44. The van der Waals surface area contributed by atoms with Crippen LogP contribution in [0.15, 0.2) is 6.20 Å². The van der Waals surface area contributed by atoms with E-state index in [0.717, 1.165) is 13.0 Å². The molecule has 1 atom stereocenters. The third kappa shape index (κ3) is 4.52. The van der Waals surface area contributed by atoms with E-state index in [4.69, 9.17) is 0 Å². The van der Waals surface area contributed by atoms with Crippen LogP contribution in [0.3, 0.4) is 0 Å². The third-order valence-electron chi connectivity index (χ3n) is 3.67. The van der Waals surface area contributed by atoms with Crippen molar-refractivity contribution in [2.24, 2.45) is 5.92 Å². The summed E-state index contributed by atoms with van der Waals surface area (Å²) in [6.45, 7) is 5.11. The molecular weight excluding hydrogens is 290 g/mol. The van der Waals surface area contributed by atoms with Gasteiger partial charge in [-0.25, -0.2) is 8.42 Å². The minimum atomic E-state index is -2.90. The maximum Gasteiger partial charge on any atom is 0.244 e. The predicted octanol–water partition coefficient (Wildman–Crippen LogP) is 0.953. The Labute approximate surface area is 126 Å². The lowest BCUT2D eigenvalue weighted by molar-refractivity contribution is 0.600. The minimum Gasteiger partial charge on any atom is -0.354 e. The Morgan fingerprint density at radius 2 is 2.24 bits per heavy atom. The van der Waals surface area contributed by atoms with Crippen molar-refractivity contribution in [2.45, 2.75) is 32.7 Å².